The number of ether oxygens (including phenoxy) is 1. The number of amides is 1. The molecule has 1 amide bonds. The molecule has 0 saturated heterocycles. The van der Waals surface area contributed by atoms with Crippen LogP contribution >= 0.6 is 11.6 Å². The van der Waals surface area contributed by atoms with Gasteiger partial charge in [-0.05, 0) is 38.5 Å². The number of benzene rings is 2. The first kappa shape index (κ1) is 22.4. The minimum absolute atomic E-state index is 0.0190. The first-order valence-corrected chi connectivity index (χ1v) is 9.79. The Hall–Kier alpha value is -3.26. The van der Waals surface area contributed by atoms with Crippen molar-refractivity contribution in [1.29, 1.82) is 0 Å². The van der Waals surface area contributed by atoms with Crippen LogP contribution in [0.25, 0.3) is 0 Å². The Kier molecular flexibility index (Phi) is 6.70. The first-order valence-electron chi connectivity index (χ1n) is 9.41. The summed E-state index contributed by atoms with van der Waals surface area (Å²) >= 11 is 6.34. The van der Waals surface area contributed by atoms with Gasteiger partial charge >= 0.3 is 5.97 Å². The smallest absolute Gasteiger partial charge is 0.343 e. The number of para-hydroxylation sites is 1. The minimum Gasteiger partial charge on any atom is -0.449 e. The molecule has 1 atom stereocenters. The highest BCUT2D eigenvalue weighted by Gasteiger charge is 2.26. The molecule has 3 aromatic rings. The maximum atomic E-state index is 13.7. The Bertz CT molecular complexity index is 1110. The summed E-state index contributed by atoms with van der Waals surface area (Å²) < 4.78 is 34.1. The number of carbonyl (C=O) groups is 2. The van der Waals surface area contributed by atoms with Crippen LogP contribution in [0.3, 0.4) is 0 Å². The van der Waals surface area contributed by atoms with E-state index in [2.05, 4.69) is 10.4 Å². The highest BCUT2D eigenvalue weighted by molar-refractivity contribution is 6.32. The molecule has 0 aliphatic heterocycles. The van der Waals surface area contributed by atoms with Crippen molar-refractivity contribution in [2.24, 2.45) is 0 Å². The number of hydrogen-bond acceptors (Lipinski definition) is 4. The van der Waals surface area contributed by atoms with Crippen molar-refractivity contribution >= 4 is 29.2 Å². The number of nitrogens with zero attached hydrogens (tertiary/aromatic N) is 2. The average Bonchev–Trinajstić information content (AvgIpc) is 2.99. The Morgan fingerprint density at radius 1 is 1.13 bits per heavy atom. The van der Waals surface area contributed by atoms with Crippen molar-refractivity contribution in [1.82, 2.24) is 9.78 Å². The lowest BCUT2D eigenvalue weighted by atomic mass is 10.1. The van der Waals surface area contributed by atoms with Crippen LogP contribution in [0.1, 0.15) is 34.1 Å². The molecule has 31 heavy (non-hydrogen) atoms. The lowest BCUT2D eigenvalue weighted by Gasteiger charge is -2.14. The van der Waals surface area contributed by atoms with Gasteiger partial charge < -0.3 is 10.1 Å². The summed E-state index contributed by atoms with van der Waals surface area (Å²) in [7, 11) is 0. The van der Waals surface area contributed by atoms with Gasteiger partial charge in [-0.3, -0.25) is 4.79 Å². The third-order valence-corrected chi connectivity index (χ3v) is 4.97. The van der Waals surface area contributed by atoms with E-state index >= 15 is 0 Å². The monoisotopic (exact) mass is 447 g/mol. The molecule has 0 aliphatic rings. The molecular formula is C22H20ClF2N3O3. The van der Waals surface area contributed by atoms with E-state index in [0.29, 0.717) is 12.2 Å². The van der Waals surface area contributed by atoms with Gasteiger partial charge in [0, 0.05) is 0 Å². The second kappa shape index (κ2) is 9.26. The number of aryl methyl sites for hydroxylation is 2. The van der Waals surface area contributed by atoms with Crippen molar-refractivity contribution < 1.29 is 23.1 Å². The zero-order valence-electron chi connectivity index (χ0n) is 17.1. The lowest BCUT2D eigenvalue weighted by Crippen LogP contribution is -2.30. The summed E-state index contributed by atoms with van der Waals surface area (Å²) in [6, 6.07) is 10.9. The zero-order chi connectivity index (χ0) is 22.7. The second-order valence-corrected chi connectivity index (χ2v) is 7.39. The van der Waals surface area contributed by atoms with Gasteiger partial charge in [0.1, 0.15) is 28.0 Å². The van der Waals surface area contributed by atoms with Crippen LogP contribution in [0, 0.1) is 25.5 Å². The molecule has 1 N–H and O–H groups in total. The van der Waals surface area contributed by atoms with Crippen LogP contribution in [0.4, 0.5) is 14.5 Å². The summed E-state index contributed by atoms with van der Waals surface area (Å²) in [6.07, 6.45) is -1.33. The largest absolute Gasteiger partial charge is 0.449 e. The molecule has 0 aliphatic carbocycles. The molecule has 3 rings (SSSR count). The first-order chi connectivity index (χ1) is 14.7. The number of nitrogens with one attached hydrogen (secondary N) is 1. The normalized spacial score (nSPS) is 11.8. The van der Waals surface area contributed by atoms with Crippen molar-refractivity contribution in [3.05, 3.63) is 81.6 Å². The standard InChI is InChI=1S/C22H20ClF2N3O3/c1-12-7-9-15(10-8-12)11-28-20(23)18(13(2)27-28)22(30)31-14(3)21(29)26-19-16(24)5-4-6-17(19)25/h4-10,14H,11H2,1-3H3,(H,26,29). The molecule has 6 nitrogen and oxygen atoms in total. The quantitative estimate of drug-likeness (QED) is 0.557. The zero-order valence-corrected chi connectivity index (χ0v) is 17.8. The van der Waals surface area contributed by atoms with E-state index in [9.17, 15) is 18.4 Å². The molecule has 0 saturated carbocycles. The summed E-state index contributed by atoms with van der Waals surface area (Å²) in [4.78, 5) is 24.9. The molecular weight excluding hydrogens is 428 g/mol. The Labute approximate surface area is 182 Å². The molecule has 1 unspecified atom stereocenters. The summed E-state index contributed by atoms with van der Waals surface area (Å²) in [5.41, 5.74) is 1.78. The Morgan fingerprint density at radius 2 is 1.74 bits per heavy atom. The van der Waals surface area contributed by atoms with E-state index in [4.69, 9.17) is 16.3 Å². The summed E-state index contributed by atoms with van der Waals surface area (Å²) in [5.74, 6) is -3.64. The molecule has 0 radical (unpaired) electrons. The van der Waals surface area contributed by atoms with Crippen molar-refractivity contribution in [2.75, 3.05) is 5.32 Å². The number of esters is 1. The molecule has 1 aromatic heterocycles. The van der Waals surface area contributed by atoms with E-state index in [0.717, 1.165) is 23.3 Å². The van der Waals surface area contributed by atoms with Gasteiger partial charge in [-0.1, -0.05) is 47.5 Å². The van der Waals surface area contributed by atoms with Gasteiger partial charge in [-0.2, -0.15) is 5.10 Å². The molecule has 1 heterocycles. The molecule has 0 bridgehead atoms. The fourth-order valence-corrected chi connectivity index (χ4v) is 3.18. The molecule has 0 spiro atoms. The van der Waals surface area contributed by atoms with Gasteiger partial charge in [0.2, 0.25) is 0 Å². The fourth-order valence-electron chi connectivity index (χ4n) is 2.87. The predicted octanol–water partition coefficient (Wildman–Crippen LogP) is 4.66. The minimum atomic E-state index is -1.33. The van der Waals surface area contributed by atoms with Gasteiger partial charge in [0.05, 0.1) is 12.2 Å². The highest BCUT2D eigenvalue weighted by atomic mass is 35.5. The molecule has 0 fully saturated rings. The van der Waals surface area contributed by atoms with Crippen molar-refractivity contribution in [2.45, 2.75) is 33.4 Å². The number of aromatic nitrogens is 2. The lowest BCUT2D eigenvalue weighted by molar-refractivity contribution is -0.123. The van der Waals surface area contributed by atoms with E-state index in [-0.39, 0.29) is 10.7 Å². The number of rotatable bonds is 6. The van der Waals surface area contributed by atoms with Crippen LogP contribution in [0.2, 0.25) is 5.15 Å². The topological polar surface area (TPSA) is 73.2 Å². The van der Waals surface area contributed by atoms with Gasteiger partial charge in [0.25, 0.3) is 5.91 Å². The SMILES string of the molecule is Cc1ccc(Cn2nc(C)c(C(=O)OC(C)C(=O)Nc3c(F)cccc3F)c2Cl)cc1. The van der Waals surface area contributed by atoms with Gasteiger partial charge in [0.15, 0.2) is 6.10 Å². The number of anilines is 1. The van der Waals surface area contributed by atoms with Crippen molar-refractivity contribution in [3.8, 4) is 0 Å². The average molecular weight is 448 g/mol. The molecule has 9 heteroatoms. The van der Waals surface area contributed by atoms with Crippen LogP contribution in [-0.4, -0.2) is 27.8 Å². The summed E-state index contributed by atoms with van der Waals surface area (Å²) in [5, 5.41) is 6.43. The summed E-state index contributed by atoms with van der Waals surface area (Å²) in [6.45, 7) is 5.19. The van der Waals surface area contributed by atoms with Crippen LogP contribution in [-0.2, 0) is 16.1 Å². The molecule has 2 aromatic carbocycles. The third kappa shape index (κ3) is 5.08. The van der Waals surface area contributed by atoms with Crippen molar-refractivity contribution in [3.63, 3.8) is 0 Å². The Morgan fingerprint density at radius 3 is 2.35 bits per heavy atom. The van der Waals surface area contributed by atoms with Gasteiger partial charge in [-0.25, -0.2) is 18.3 Å². The van der Waals surface area contributed by atoms with E-state index in [1.165, 1.54) is 17.7 Å². The van der Waals surface area contributed by atoms with E-state index < -0.39 is 35.3 Å². The predicted molar refractivity (Wildman–Crippen MR) is 112 cm³/mol. The maximum Gasteiger partial charge on any atom is 0.343 e. The number of hydrogen-bond donors (Lipinski definition) is 1. The van der Waals surface area contributed by atoms with Crippen LogP contribution < -0.4 is 5.32 Å². The van der Waals surface area contributed by atoms with E-state index in [1.54, 1.807) is 6.92 Å². The third-order valence-electron chi connectivity index (χ3n) is 4.59. The second-order valence-electron chi connectivity index (χ2n) is 7.03. The number of halogens is 3. The van der Waals surface area contributed by atoms with Crippen LogP contribution in [0.15, 0.2) is 42.5 Å². The number of carbonyl (C=O) groups excluding carboxylic acids is 2. The molecule has 162 valence electrons. The maximum absolute atomic E-state index is 13.7. The van der Waals surface area contributed by atoms with Crippen LogP contribution in [0.5, 0.6) is 0 Å². The van der Waals surface area contributed by atoms with E-state index in [1.807, 2.05) is 31.2 Å². The fraction of sp³-hybridized carbons (Fsp3) is 0.227. The van der Waals surface area contributed by atoms with Gasteiger partial charge in [-0.15, -0.1) is 0 Å². The highest BCUT2D eigenvalue weighted by Crippen LogP contribution is 2.23. The Balaban J connectivity index is 1.71.